The van der Waals surface area contributed by atoms with Crippen LogP contribution in [-0.2, 0) is 6.54 Å². The molecule has 0 aromatic heterocycles. The average Bonchev–Trinajstić information content (AvgIpc) is 2.40. The van der Waals surface area contributed by atoms with E-state index < -0.39 is 4.92 Å². The second kappa shape index (κ2) is 7.63. The Morgan fingerprint density at radius 3 is 1.90 bits per heavy atom. The first kappa shape index (κ1) is 15.3. The van der Waals surface area contributed by atoms with Crippen molar-refractivity contribution in [1.82, 2.24) is 0 Å². The molecule has 0 atom stereocenters. The molecule has 0 N–H and O–H groups in total. The highest BCUT2D eigenvalue weighted by atomic mass is 16.6. The number of rotatable bonds is 3. The first-order chi connectivity index (χ1) is 9.49. The maximum Gasteiger partial charge on any atom is 0.269 e. The van der Waals surface area contributed by atoms with E-state index in [1.165, 1.54) is 12.1 Å². The van der Waals surface area contributed by atoms with E-state index >= 15 is 0 Å². The summed E-state index contributed by atoms with van der Waals surface area (Å²) in [5, 5.41) is 20.1. The normalized spacial score (nSPS) is 9.25. The molecule has 2 aromatic carbocycles. The molecule has 0 aliphatic carbocycles. The largest absolute Gasteiger partial charge is 0.269 e. The molecule has 2 rings (SSSR count). The Labute approximate surface area is 116 Å². The lowest BCUT2D eigenvalue weighted by atomic mass is 10.2. The van der Waals surface area contributed by atoms with Crippen molar-refractivity contribution in [3.05, 3.63) is 86.0 Å². The molecule has 0 saturated carbocycles. The molecular weight excluding hydrogens is 260 g/mol. The minimum atomic E-state index is -0.403. The van der Waals surface area contributed by atoms with E-state index in [1.807, 2.05) is 13.0 Å². The Morgan fingerprint density at radius 1 is 0.900 bits per heavy atom. The van der Waals surface area contributed by atoms with Crippen LogP contribution in [0.4, 0.5) is 5.69 Å². The third-order valence-electron chi connectivity index (χ3n) is 2.40. The minimum absolute atomic E-state index is 0.0825. The molecule has 104 valence electrons. The monoisotopic (exact) mass is 274 g/mol. The number of non-ortho nitro benzene ring substituents is 1. The van der Waals surface area contributed by atoms with E-state index in [1.54, 1.807) is 36.4 Å². The molecule has 0 aliphatic rings. The molecule has 6 heteroatoms. The van der Waals surface area contributed by atoms with Gasteiger partial charge in [-0.25, -0.2) is 0 Å². The zero-order valence-electron chi connectivity index (χ0n) is 10.9. The van der Waals surface area contributed by atoms with E-state index in [2.05, 4.69) is 0 Å². The number of hydrogen-bond acceptors (Lipinski definition) is 4. The molecule has 0 heterocycles. The van der Waals surface area contributed by atoms with Crippen molar-refractivity contribution in [3.63, 3.8) is 0 Å². The average molecular weight is 274 g/mol. The first-order valence-corrected chi connectivity index (χ1v) is 5.86. The van der Waals surface area contributed by atoms with E-state index in [0.717, 1.165) is 11.1 Å². The predicted molar refractivity (Wildman–Crippen MR) is 75.0 cm³/mol. The van der Waals surface area contributed by atoms with E-state index in [0.29, 0.717) is 0 Å². The molecule has 0 unspecified atom stereocenters. The van der Waals surface area contributed by atoms with Gasteiger partial charge >= 0.3 is 0 Å². The summed E-state index contributed by atoms with van der Waals surface area (Å²) in [7, 11) is 0. The van der Waals surface area contributed by atoms with Gasteiger partial charge in [0.1, 0.15) is 0 Å². The Morgan fingerprint density at radius 2 is 1.45 bits per heavy atom. The van der Waals surface area contributed by atoms with Crippen LogP contribution in [0, 0.1) is 27.2 Å². The number of nitro groups is 2. The van der Waals surface area contributed by atoms with Gasteiger partial charge in [-0.3, -0.25) is 20.2 Å². The van der Waals surface area contributed by atoms with Crippen molar-refractivity contribution in [2.75, 3.05) is 0 Å². The fourth-order valence-electron chi connectivity index (χ4n) is 1.40. The number of benzene rings is 2. The fraction of sp³-hybridized carbons (Fsp3) is 0.143. The van der Waals surface area contributed by atoms with Gasteiger partial charge in [-0.2, -0.15) is 0 Å². The van der Waals surface area contributed by atoms with Gasteiger partial charge in [0.15, 0.2) is 0 Å². The summed E-state index contributed by atoms with van der Waals surface area (Å²) in [5.74, 6) is 0. The number of hydrogen-bond donors (Lipinski definition) is 0. The maximum absolute atomic E-state index is 10.1. The van der Waals surface area contributed by atoms with Crippen molar-refractivity contribution in [2.24, 2.45) is 0 Å². The maximum atomic E-state index is 10.1. The van der Waals surface area contributed by atoms with Crippen LogP contribution in [0.3, 0.4) is 0 Å². The topological polar surface area (TPSA) is 86.3 Å². The van der Waals surface area contributed by atoms with Gasteiger partial charge in [-0.05, 0) is 6.92 Å². The van der Waals surface area contributed by atoms with Crippen molar-refractivity contribution in [1.29, 1.82) is 0 Å². The second-order valence-corrected chi connectivity index (χ2v) is 4.07. The van der Waals surface area contributed by atoms with Gasteiger partial charge in [0, 0.05) is 22.6 Å². The summed E-state index contributed by atoms with van der Waals surface area (Å²) in [4.78, 5) is 19.4. The summed E-state index contributed by atoms with van der Waals surface area (Å²) < 4.78 is 0. The first-order valence-electron chi connectivity index (χ1n) is 5.86. The van der Waals surface area contributed by atoms with Gasteiger partial charge in [0.25, 0.3) is 5.69 Å². The molecule has 0 aliphatic heterocycles. The van der Waals surface area contributed by atoms with Crippen LogP contribution in [0.1, 0.15) is 11.1 Å². The molecule has 0 saturated heterocycles. The van der Waals surface area contributed by atoms with Crippen LogP contribution < -0.4 is 0 Å². The molecule has 0 fully saturated rings. The third kappa shape index (κ3) is 5.72. The summed E-state index contributed by atoms with van der Waals surface area (Å²) in [6, 6.07) is 15.3. The van der Waals surface area contributed by atoms with E-state index in [9.17, 15) is 20.2 Å². The highest BCUT2D eigenvalue weighted by molar-refractivity contribution is 5.32. The van der Waals surface area contributed by atoms with Gasteiger partial charge in [0.2, 0.25) is 6.54 Å². The van der Waals surface area contributed by atoms with Gasteiger partial charge in [-0.1, -0.05) is 48.0 Å². The predicted octanol–water partition coefficient (Wildman–Crippen LogP) is 3.37. The quantitative estimate of drug-likeness (QED) is 0.634. The van der Waals surface area contributed by atoms with Crippen LogP contribution in [0.15, 0.2) is 54.6 Å². The number of aryl methyl sites for hydroxylation is 1. The van der Waals surface area contributed by atoms with Crippen LogP contribution in [-0.4, -0.2) is 9.85 Å². The summed E-state index contributed by atoms with van der Waals surface area (Å²) in [6.45, 7) is 1.81. The second-order valence-electron chi connectivity index (χ2n) is 4.07. The van der Waals surface area contributed by atoms with Crippen molar-refractivity contribution < 1.29 is 9.85 Å². The summed E-state index contributed by atoms with van der Waals surface area (Å²) in [5.41, 5.74) is 1.92. The Hall–Kier alpha value is -2.76. The van der Waals surface area contributed by atoms with E-state index in [-0.39, 0.29) is 17.2 Å². The van der Waals surface area contributed by atoms with Crippen LogP contribution >= 0.6 is 0 Å². The Bertz CT molecular complexity index is 567. The lowest BCUT2D eigenvalue weighted by Gasteiger charge is -1.90. The highest BCUT2D eigenvalue weighted by Crippen LogP contribution is 2.10. The molecule has 2 aromatic rings. The lowest BCUT2D eigenvalue weighted by molar-refractivity contribution is -0.496. The van der Waals surface area contributed by atoms with Gasteiger partial charge in [0.05, 0.1) is 4.92 Å². The minimum Gasteiger partial charge on any atom is -0.264 e. The number of nitrogens with zero attached hydrogens (tertiary/aromatic N) is 2. The van der Waals surface area contributed by atoms with Crippen LogP contribution in [0.5, 0.6) is 0 Å². The van der Waals surface area contributed by atoms with Crippen molar-refractivity contribution in [3.8, 4) is 0 Å². The molecule has 0 spiro atoms. The molecule has 6 nitrogen and oxygen atoms in total. The van der Waals surface area contributed by atoms with Gasteiger partial charge < -0.3 is 0 Å². The van der Waals surface area contributed by atoms with Crippen molar-refractivity contribution >= 4 is 5.69 Å². The van der Waals surface area contributed by atoms with Crippen LogP contribution in [0.2, 0.25) is 0 Å². The zero-order chi connectivity index (χ0) is 15.0. The summed E-state index contributed by atoms with van der Waals surface area (Å²) >= 11 is 0. The smallest absolute Gasteiger partial charge is 0.264 e. The standard InChI is InChI=1S/2C7H7NO2/c1-6-2-4-7(5-3-6)8(9)10;9-8(10)6-7-4-2-1-3-5-7/h2-5H,1H3;1-5H,6H2. The summed E-state index contributed by atoms with van der Waals surface area (Å²) in [6.07, 6.45) is 0. The Balaban J connectivity index is 0.000000200. The Kier molecular flexibility index (Phi) is 5.83. The molecule has 0 bridgehead atoms. The van der Waals surface area contributed by atoms with Gasteiger partial charge in [-0.15, -0.1) is 0 Å². The fourth-order valence-corrected chi connectivity index (χ4v) is 1.40. The molecule has 0 radical (unpaired) electrons. The van der Waals surface area contributed by atoms with Crippen LogP contribution in [0.25, 0.3) is 0 Å². The van der Waals surface area contributed by atoms with E-state index in [4.69, 9.17) is 0 Å². The third-order valence-corrected chi connectivity index (χ3v) is 2.40. The highest BCUT2D eigenvalue weighted by Gasteiger charge is 2.00. The zero-order valence-corrected chi connectivity index (χ0v) is 10.9. The number of nitro benzene ring substituents is 1. The molecular formula is C14H14N2O4. The lowest BCUT2D eigenvalue weighted by Crippen LogP contribution is -1.96. The van der Waals surface area contributed by atoms with Crippen molar-refractivity contribution in [2.45, 2.75) is 13.5 Å². The molecule has 20 heavy (non-hydrogen) atoms. The SMILES string of the molecule is Cc1ccc([N+](=O)[O-])cc1.O=[N+]([O-])Cc1ccccc1. The molecule has 0 amide bonds.